The highest BCUT2D eigenvalue weighted by Gasteiger charge is 2.29. The summed E-state index contributed by atoms with van der Waals surface area (Å²) in [6.07, 6.45) is 1.72. The van der Waals surface area contributed by atoms with Gasteiger partial charge in [0.25, 0.3) is 0 Å². The maximum absolute atomic E-state index is 13.4. The van der Waals surface area contributed by atoms with E-state index in [9.17, 15) is 9.50 Å². The van der Waals surface area contributed by atoms with E-state index in [-0.39, 0.29) is 27.9 Å². The Labute approximate surface area is 110 Å². The molecule has 0 aromatic heterocycles. The van der Waals surface area contributed by atoms with Gasteiger partial charge in [0.1, 0.15) is 28.2 Å². The maximum atomic E-state index is 13.4. The highest BCUT2D eigenvalue weighted by atomic mass is 32.1. The van der Waals surface area contributed by atoms with E-state index in [1.165, 1.54) is 12.1 Å². The molecule has 0 saturated heterocycles. The Morgan fingerprint density at radius 2 is 2.11 bits per heavy atom. The van der Waals surface area contributed by atoms with Gasteiger partial charge in [-0.3, -0.25) is 0 Å². The Morgan fingerprint density at radius 1 is 1.44 bits per heavy atom. The summed E-state index contributed by atoms with van der Waals surface area (Å²) >= 11 is 5.02. The summed E-state index contributed by atoms with van der Waals surface area (Å²) in [6.45, 7) is 0. The molecule has 1 aromatic rings. The molecule has 5 heteroatoms. The molecule has 18 heavy (non-hydrogen) atoms. The van der Waals surface area contributed by atoms with Crippen molar-refractivity contribution in [3.05, 3.63) is 41.4 Å². The van der Waals surface area contributed by atoms with Crippen LogP contribution in [-0.4, -0.2) is 10.1 Å². The van der Waals surface area contributed by atoms with Crippen LogP contribution >= 0.6 is 12.2 Å². The van der Waals surface area contributed by atoms with Gasteiger partial charge in [-0.1, -0.05) is 24.4 Å². The number of hydrogen-bond donors (Lipinski definition) is 2. The largest absolute Gasteiger partial charge is 0.511 e. The van der Waals surface area contributed by atoms with Crippen LogP contribution < -0.4 is 5.32 Å². The number of hydrogen-bond acceptors (Lipinski definition) is 3. The molecule has 1 aliphatic carbocycles. The fourth-order valence-corrected chi connectivity index (χ4v) is 1.79. The van der Waals surface area contributed by atoms with Gasteiger partial charge in [-0.25, -0.2) is 4.39 Å². The standard InChI is InChI=1S/C13H11FN2OS/c14-10-3-1-2-4-11(10)16-13(18)9(7-15)12(17)8-5-6-8/h1-4,8,17H,5-6H2,(H,16,18). The van der Waals surface area contributed by atoms with Gasteiger partial charge >= 0.3 is 0 Å². The number of rotatable bonds is 3. The summed E-state index contributed by atoms with van der Waals surface area (Å²) in [7, 11) is 0. The summed E-state index contributed by atoms with van der Waals surface area (Å²) in [5.41, 5.74) is 0.217. The molecule has 1 saturated carbocycles. The Kier molecular flexibility index (Phi) is 3.58. The van der Waals surface area contributed by atoms with Crippen molar-refractivity contribution in [3.8, 4) is 6.07 Å². The number of nitriles is 1. The molecule has 0 amide bonds. The van der Waals surface area contributed by atoms with Gasteiger partial charge in [0.05, 0.1) is 5.69 Å². The lowest BCUT2D eigenvalue weighted by Gasteiger charge is -2.09. The number of halogens is 1. The molecule has 0 unspecified atom stereocenters. The molecular formula is C13H11FN2OS. The number of allylic oxidation sites excluding steroid dienone is 1. The van der Waals surface area contributed by atoms with Gasteiger partial charge in [0, 0.05) is 5.92 Å². The lowest BCUT2D eigenvalue weighted by molar-refractivity contribution is 0.377. The quantitative estimate of drug-likeness (QED) is 0.380. The smallest absolute Gasteiger partial charge is 0.146 e. The summed E-state index contributed by atoms with van der Waals surface area (Å²) in [6, 6.07) is 7.90. The third-order valence-electron chi connectivity index (χ3n) is 2.68. The van der Waals surface area contributed by atoms with Crippen LogP contribution in [-0.2, 0) is 0 Å². The number of aliphatic hydroxyl groups excluding tert-OH is 1. The van der Waals surface area contributed by atoms with Crippen LogP contribution in [0.4, 0.5) is 10.1 Å². The maximum Gasteiger partial charge on any atom is 0.146 e. The van der Waals surface area contributed by atoms with E-state index in [0.29, 0.717) is 0 Å². The summed E-state index contributed by atoms with van der Waals surface area (Å²) in [5.74, 6) is -0.422. The zero-order valence-corrected chi connectivity index (χ0v) is 10.3. The minimum absolute atomic E-state index is 0.00587. The summed E-state index contributed by atoms with van der Waals surface area (Å²) in [4.78, 5) is 0.0481. The molecule has 92 valence electrons. The molecule has 0 heterocycles. The number of aliphatic hydroxyl groups is 1. The third kappa shape index (κ3) is 2.66. The van der Waals surface area contributed by atoms with Crippen molar-refractivity contribution in [2.45, 2.75) is 12.8 Å². The predicted molar refractivity (Wildman–Crippen MR) is 70.6 cm³/mol. The third-order valence-corrected chi connectivity index (χ3v) is 2.99. The average Bonchev–Trinajstić information content (AvgIpc) is 3.17. The molecule has 2 N–H and O–H groups in total. The van der Waals surface area contributed by atoms with Gasteiger partial charge in [-0.05, 0) is 25.0 Å². The van der Waals surface area contributed by atoms with Gasteiger partial charge in [0.15, 0.2) is 0 Å². The normalized spacial score (nSPS) is 15.6. The second kappa shape index (κ2) is 5.15. The SMILES string of the molecule is N#CC(C(=S)Nc1ccccc1F)=C(O)C1CC1. The molecule has 0 aliphatic heterocycles. The zero-order chi connectivity index (χ0) is 13.1. The first kappa shape index (κ1) is 12.5. The number of nitrogens with one attached hydrogen (secondary N) is 1. The van der Waals surface area contributed by atoms with Crippen LogP contribution in [0.3, 0.4) is 0 Å². The molecule has 2 rings (SSSR count). The lowest BCUT2D eigenvalue weighted by Crippen LogP contribution is -2.14. The molecule has 1 fully saturated rings. The topological polar surface area (TPSA) is 56.0 Å². The van der Waals surface area contributed by atoms with Crippen LogP contribution in [0.1, 0.15) is 12.8 Å². The van der Waals surface area contributed by atoms with Crippen LogP contribution in [0.25, 0.3) is 0 Å². The fourth-order valence-electron chi connectivity index (χ4n) is 1.53. The Morgan fingerprint density at radius 3 is 2.67 bits per heavy atom. The van der Waals surface area contributed by atoms with Gasteiger partial charge in [-0.2, -0.15) is 5.26 Å². The van der Waals surface area contributed by atoms with Crippen molar-refractivity contribution >= 4 is 22.9 Å². The molecule has 0 atom stereocenters. The van der Waals surface area contributed by atoms with Gasteiger partial charge in [0.2, 0.25) is 0 Å². The van der Waals surface area contributed by atoms with Crippen LogP contribution in [0, 0.1) is 23.1 Å². The van der Waals surface area contributed by atoms with Crippen molar-refractivity contribution in [1.29, 1.82) is 5.26 Å². The first-order chi connectivity index (χ1) is 8.63. The predicted octanol–water partition coefficient (Wildman–Crippen LogP) is 3.31. The van der Waals surface area contributed by atoms with Crippen molar-refractivity contribution in [3.63, 3.8) is 0 Å². The van der Waals surface area contributed by atoms with Crippen molar-refractivity contribution in [1.82, 2.24) is 0 Å². The lowest BCUT2D eigenvalue weighted by atomic mass is 10.2. The van der Waals surface area contributed by atoms with Crippen molar-refractivity contribution < 1.29 is 9.50 Å². The number of para-hydroxylation sites is 1. The second-order valence-electron chi connectivity index (χ2n) is 4.08. The number of anilines is 1. The molecule has 1 aromatic carbocycles. The number of benzene rings is 1. The van der Waals surface area contributed by atoms with E-state index in [2.05, 4.69) is 5.32 Å². The van der Waals surface area contributed by atoms with E-state index in [4.69, 9.17) is 17.5 Å². The van der Waals surface area contributed by atoms with E-state index >= 15 is 0 Å². The Balaban J connectivity index is 2.19. The van der Waals surface area contributed by atoms with E-state index < -0.39 is 5.82 Å². The monoisotopic (exact) mass is 262 g/mol. The molecular weight excluding hydrogens is 251 g/mol. The van der Waals surface area contributed by atoms with Crippen LogP contribution in [0.15, 0.2) is 35.6 Å². The number of thiocarbonyl (C=S) groups is 1. The Bertz CT molecular complexity index is 558. The van der Waals surface area contributed by atoms with E-state index in [1.54, 1.807) is 12.1 Å². The summed E-state index contributed by atoms with van der Waals surface area (Å²) < 4.78 is 13.4. The molecule has 0 spiro atoms. The highest BCUT2D eigenvalue weighted by Crippen LogP contribution is 2.36. The van der Waals surface area contributed by atoms with Crippen LogP contribution in [0.5, 0.6) is 0 Å². The first-order valence-electron chi connectivity index (χ1n) is 5.52. The van der Waals surface area contributed by atoms with Crippen molar-refractivity contribution in [2.75, 3.05) is 5.32 Å². The second-order valence-corrected chi connectivity index (χ2v) is 4.49. The molecule has 0 bridgehead atoms. The molecule has 1 aliphatic rings. The Hall–Kier alpha value is -1.93. The fraction of sp³-hybridized carbons (Fsp3) is 0.231. The molecule has 3 nitrogen and oxygen atoms in total. The molecule has 0 radical (unpaired) electrons. The van der Waals surface area contributed by atoms with Crippen molar-refractivity contribution in [2.24, 2.45) is 5.92 Å². The van der Waals surface area contributed by atoms with E-state index in [0.717, 1.165) is 12.8 Å². The van der Waals surface area contributed by atoms with E-state index in [1.807, 2.05) is 6.07 Å². The first-order valence-corrected chi connectivity index (χ1v) is 5.93. The highest BCUT2D eigenvalue weighted by molar-refractivity contribution is 7.81. The number of nitrogens with zero attached hydrogens (tertiary/aromatic N) is 1. The minimum atomic E-state index is -0.456. The average molecular weight is 262 g/mol. The van der Waals surface area contributed by atoms with Crippen LogP contribution in [0.2, 0.25) is 0 Å². The summed E-state index contributed by atoms with van der Waals surface area (Å²) in [5, 5.41) is 21.4. The zero-order valence-electron chi connectivity index (χ0n) is 9.48. The van der Waals surface area contributed by atoms with Gasteiger partial charge < -0.3 is 10.4 Å². The van der Waals surface area contributed by atoms with Gasteiger partial charge in [-0.15, -0.1) is 0 Å². The minimum Gasteiger partial charge on any atom is -0.511 e.